The van der Waals surface area contributed by atoms with Crippen molar-refractivity contribution in [3.05, 3.63) is 119 Å². The van der Waals surface area contributed by atoms with E-state index in [1.807, 2.05) is 38.2 Å². The number of rotatable bonds is 15. The third-order valence-electron chi connectivity index (χ3n) is 8.81. The van der Waals surface area contributed by atoms with E-state index >= 15 is 0 Å². The van der Waals surface area contributed by atoms with E-state index in [1.165, 1.54) is 0 Å². The summed E-state index contributed by atoms with van der Waals surface area (Å²) in [6.45, 7) is 14.4. The van der Waals surface area contributed by atoms with Crippen molar-refractivity contribution < 1.29 is 19.1 Å². The van der Waals surface area contributed by atoms with E-state index in [4.69, 9.17) is 26.1 Å². The predicted molar refractivity (Wildman–Crippen MR) is 202 cm³/mol. The Labute approximate surface area is 304 Å². The van der Waals surface area contributed by atoms with Gasteiger partial charge in [-0.15, -0.1) is 0 Å². The molecular weight excluding hydrogens is 666 g/mol. The maximum absolute atomic E-state index is 14.3. The van der Waals surface area contributed by atoms with Crippen molar-refractivity contribution in [2.45, 2.75) is 46.8 Å². The second kappa shape index (κ2) is 17.3. The van der Waals surface area contributed by atoms with Gasteiger partial charge < -0.3 is 19.3 Å². The number of benzene rings is 3. The molecule has 2 heterocycles. The Hall–Kier alpha value is -4.93. The first-order valence-electron chi connectivity index (χ1n) is 17.4. The van der Waals surface area contributed by atoms with E-state index in [1.54, 1.807) is 69.1 Å². The number of para-hydroxylation sites is 1. The third-order valence-corrected chi connectivity index (χ3v) is 9.06. The lowest BCUT2D eigenvalue weighted by Crippen LogP contribution is -2.50. The van der Waals surface area contributed by atoms with Gasteiger partial charge in [0, 0.05) is 43.0 Å². The number of Topliss-reactive ketones (excluding diaryl/α,β-unsaturated/α-hetero) is 1. The van der Waals surface area contributed by atoms with Gasteiger partial charge in [0.2, 0.25) is 0 Å². The van der Waals surface area contributed by atoms with Gasteiger partial charge in [-0.05, 0) is 80.6 Å². The number of fused-ring (bicyclic) bond motifs is 1. The van der Waals surface area contributed by atoms with Gasteiger partial charge in [-0.1, -0.05) is 56.7 Å². The highest BCUT2D eigenvalue weighted by Gasteiger charge is 2.25. The molecule has 0 N–H and O–H groups in total. The zero-order valence-corrected chi connectivity index (χ0v) is 30.5. The van der Waals surface area contributed by atoms with E-state index in [0.717, 1.165) is 6.42 Å². The third kappa shape index (κ3) is 9.65. The highest BCUT2D eigenvalue weighted by atomic mass is 35.5. The smallest absolute Gasteiger partial charge is 0.266 e. The van der Waals surface area contributed by atoms with Crippen LogP contribution in [0.4, 0.5) is 0 Å². The van der Waals surface area contributed by atoms with Crippen molar-refractivity contribution in [1.29, 1.82) is 0 Å². The molecule has 0 bridgehead atoms. The second-order valence-corrected chi connectivity index (χ2v) is 13.4. The molecule has 0 spiro atoms. The van der Waals surface area contributed by atoms with E-state index < -0.39 is 0 Å². The Morgan fingerprint density at radius 3 is 2.43 bits per heavy atom. The minimum absolute atomic E-state index is 0.0696. The molecule has 51 heavy (non-hydrogen) atoms. The van der Waals surface area contributed by atoms with E-state index in [0.29, 0.717) is 83.1 Å². The average Bonchev–Trinajstić information content (AvgIpc) is 3.13. The number of hydrogen-bond donors (Lipinski definition) is 0. The summed E-state index contributed by atoms with van der Waals surface area (Å²) >= 11 is 5.95. The Kier molecular flexibility index (Phi) is 12.7. The number of aromatic nitrogens is 2. The predicted octanol–water partition coefficient (Wildman–Crippen LogP) is 6.74. The molecule has 1 aromatic heterocycles. The fourth-order valence-electron chi connectivity index (χ4n) is 5.70. The normalized spacial score (nSPS) is 14.2. The van der Waals surface area contributed by atoms with Gasteiger partial charge in [0.05, 0.1) is 35.8 Å². The lowest BCUT2D eigenvalue weighted by atomic mass is 10.1. The minimum Gasteiger partial charge on any atom is -0.489 e. The topological polar surface area (TPSA) is 97.2 Å². The zero-order valence-electron chi connectivity index (χ0n) is 29.8. The van der Waals surface area contributed by atoms with Crippen molar-refractivity contribution in [2.24, 2.45) is 5.92 Å². The number of ketones is 1. The molecule has 0 saturated carbocycles. The number of amides is 1. The van der Waals surface area contributed by atoms with Gasteiger partial charge in [-0.2, -0.15) is 0 Å². The number of nitrogens with zero attached hydrogens (tertiary/aromatic N) is 5. The van der Waals surface area contributed by atoms with Gasteiger partial charge in [0.1, 0.15) is 17.3 Å². The Morgan fingerprint density at radius 2 is 1.75 bits per heavy atom. The van der Waals surface area contributed by atoms with E-state index in [9.17, 15) is 14.4 Å². The highest BCUT2D eigenvalue weighted by Crippen LogP contribution is 2.28. The summed E-state index contributed by atoms with van der Waals surface area (Å²) in [5.41, 5.74) is 1.20. The first kappa shape index (κ1) is 37.3. The average molecular weight is 712 g/mol. The maximum atomic E-state index is 14.3. The molecule has 1 aliphatic rings. The largest absolute Gasteiger partial charge is 0.489 e. The quantitative estimate of drug-likeness (QED) is 0.125. The minimum atomic E-state index is -0.258. The summed E-state index contributed by atoms with van der Waals surface area (Å²) in [4.78, 5) is 51.6. The molecule has 1 amide bonds. The Morgan fingerprint density at radius 1 is 1.02 bits per heavy atom. The van der Waals surface area contributed by atoms with Crippen molar-refractivity contribution in [3.63, 3.8) is 0 Å². The SMILES string of the molecule is C=CN(/C=C\C(C)CC)CC(=O)c1ccc(OC(C)C)c(-n2c(CN3CCN(C(=O)COc4ccc(Cl)cc4)CC3)nc3ccccc3c2=O)c1. The van der Waals surface area contributed by atoms with Crippen LogP contribution < -0.4 is 15.0 Å². The number of carbonyl (C=O) groups excluding carboxylic acids is 2. The fourth-order valence-corrected chi connectivity index (χ4v) is 5.83. The van der Waals surface area contributed by atoms with Crippen LogP contribution >= 0.6 is 11.6 Å². The van der Waals surface area contributed by atoms with Crippen LogP contribution in [0.3, 0.4) is 0 Å². The standard InChI is InChI=1S/C40H46ClN5O5/c1-6-29(5)18-19-43(7-2)25-36(47)30-12-17-37(51-28(3)4)35(24-30)46-38(42-34-11-9-8-10-33(34)40(46)49)26-44-20-22-45(23-21-44)39(48)27-50-32-15-13-31(41)14-16-32/h7-19,24,28-29H,2,6,20-23,25-27H2,1,3-5H3/b19-18-. The van der Waals surface area contributed by atoms with Crippen LogP contribution in [-0.4, -0.2) is 81.4 Å². The summed E-state index contributed by atoms with van der Waals surface area (Å²) in [6, 6.07) is 19.3. The number of halogens is 1. The number of hydrogen-bond acceptors (Lipinski definition) is 8. The lowest BCUT2D eigenvalue weighted by Gasteiger charge is -2.34. The molecule has 1 atom stereocenters. The lowest BCUT2D eigenvalue weighted by molar-refractivity contribution is -0.135. The monoisotopic (exact) mass is 711 g/mol. The maximum Gasteiger partial charge on any atom is 0.266 e. The zero-order chi connectivity index (χ0) is 36.5. The van der Waals surface area contributed by atoms with Gasteiger partial charge >= 0.3 is 0 Å². The van der Waals surface area contributed by atoms with E-state index in [2.05, 4.69) is 31.4 Å². The summed E-state index contributed by atoms with van der Waals surface area (Å²) in [7, 11) is 0. The number of allylic oxidation sites excluding steroid dienone is 1. The van der Waals surface area contributed by atoms with E-state index in [-0.39, 0.29) is 36.5 Å². The fraction of sp³-hybridized carbons (Fsp3) is 0.350. The molecule has 11 heteroatoms. The van der Waals surface area contributed by atoms with Gasteiger partial charge in [0.15, 0.2) is 12.4 Å². The van der Waals surface area contributed by atoms with Crippen LogP contribution in [0.5, 0.6) is 11.5 Å². The number of ether oxygens (including phenoxy) is 2. The highest BCUT2D eigenvalue weighted by molar-refractivity contribution is 6.30. The van der Waals surface area contributed by atoms with Crippen LogP contribution in [0, 0.1) is 5.92 Å². The molecule has 1 aliphatic heterocycles. The summed E-state index contributed by atoms with van der Waals surface area (Å²) in [5.74, 6) is 1.68. The first-order chi connectivity index (χ1) is 24.6. The number of carbonyl (C=O) groups is 2. The molecule has 5 rings (SSSR count). The molecule has 0 radical (unpaired) electrons. The van der Waals surface area contributed by atoms with Crippen LogP contribution in [0.25, 0.3) is 16.6 Å². The van der Waals surface area contributed by atoms with Crippen LogP contribution in [0.2, 0.25) is 5.02 Å². The molecule has 10 nitrogen and oxygen atoms in total. The van der Waals surface area contributed by atoms with Gasteiger partial charge in [0.25, 0.3) is 11.5 Å². The van der Waals surface area contributed by atoms with Crippen molar-refractivity contribution in [1.82, 2.24) is 24.3 Å². The molecule has 0 aliphatic carbocycles. The molecule has 1 fully saturated rings. The van der Waals surface area contributed by atoms with Gasteiger partial charge in [-0.25, -0.2) is 4.98 Å². The molecule has 1 saturated heterocycles. The van der Waals surface area contributed by atoms with Crippen LogP contribution in [0.1, 0.15) is 50.3 Å². The van der Waals surface area contributed by atoms with Crippen molar-refractivity contribution in [2.75, 3.05) is 39.3 Å². The molecule has 1 unspecified atom stereocenters. The van der Waals surface area contributed by atoms with Crippen molar-refractivity contribution >= 4 is 34.2 Å². The summed E-state index contributed by atoms with van der Waals surface area (Å²) < 4.78 is 13.5. The van der Waals surface area contributed by atoms with Crippen LogP contribution in [-0.2, 0) is 11.3 Å². The van der Waals surface area contributed by atoms with Crippen molar-refractivity contribution in [3.8, 4) is 17.2 Å². The van der Waals surface area contributed by atoms with Gasteiger partial charge in [-0.3, -0.25) is 23.9 Å². The first-order valence-corrected chi connectivity index (χ1v) is 17.7. The molecule has 3 aromatic carbocycles. The Balaban J connectivity index is 1.42. The Bertz CT molecular complexity index is 1930. The summed E-state index contributed by atoms with van der Waals surface area (Å²) in [5, 5.41) is 1.05. The molecular formula is C40H46ClN5O5. The molecule has 268 valence electrons. The molecule has 4 aromatic rings. The summed E-state index contributed by atoms with van der Waals surface area (Å²) in [6.07, 6.45) is 6.36. The second-order valence-electron chi connectivity index (χ2n) is 12.9. The number of piperazine rings is 1. The van der Waals surface area contributed by atoms with Crippen LogP contribution in [0.15, 0.2) is 96.6 Å².